The second-order valence-electron chi connectivity index (χ2n) is 8.49. The second-order valence-corrected chi connectivity index (χ2v) is 11.3. The summed E-state index contributed by atoms with van der Waals surface area (Å²) in [6, 6.07) is 5.80. The summed E-state index contributed by atoms with van der Waals surface area (Å²) in [5.41, 5.74) is 1.60. The van der Waals surface area contributed by atoms with E-state index in [-0.39, 0.29) is 44.9 Å². The molecule has 0 bridgehead atoms. The van der Waals surface area contributed by atoms with E-state index in [0.29, 0.717) is 24.3 Å². The average molecular weight is 672 g/mol. The van der Waals surface area contributed by atoms with E-state index in [1.807, 2.05) is 0 Å². The Morgan fingerprint density at radius 1 is 0.889 bits per heavy atom. The Hall–Kier alpha value is -5.62. The number of carbonyl (C=O) groups is 1. The molecule has 2 amide bonds. The first-order valence-electron chi connectivity index (χ1n) is 11.5. The molecule has 0 saturated carbocycles. The van der Waals surface area contributed by atoms with Gasteiger partial charge in [0.05, 0.1) is 41.9 Å². The summed E-state index contributed by atoms with van der Waals surface area (Å²) >= 11 is 0. The molecule has 7 N–H and O–H groups in total. The van der Waals surface area contributed by atoms with E-state index < -0.39 is 57.3 Å². The molecule has 0 spiro atoms. The van der Waals surface area contributed by atoms with Gasteiger partial charge in [-0.05, 0) is 23.8 Å². The summed E-state index contributed by atoms with van der Waals surface area (Å²) in [5.74, 6) is -0.676. The van der Waals surface area contributed by atoms with Crippen molar-refractivity contribution in [2.45, 2.75) is 9.79 Å². The highest BCUT2D eigenvalue weighted by Gasteiger charge is 2.32. The maximum absolute atomic E-state index is 12.9. The molecule has 0 atom stereocenters. The Labute approximate surface area is 252 Å². The predicted octanol–water partition coefficient (Wildman–Crippen LogP) is 1.32. The number of urea groups is 1. The number of carbonyl (C=O) groups excluding carboxylic acids is 1. The highest BCUT2D eigenvalue weighted by Crippen LogP contribution is 2.48. The minimum atomic E-state index is -5.26. The number of amides is 2. The number of hydrazine groups is 2. The highest BCUT2D eigenvalue weighted by molar-refractivity contribution is 7.86. The summed E-state index contributed by atoms with van der Waals surface area (Å²) in [7, 11) is -8.31. The number of nitro benzene ring substituents is 2. The van der Waals surface area contributed by atoms with Gasteiger partial charge in [0.2, 0.25) is 0 Å². The van der Waals surface area contributed by atoms with Crippen molar-refractivity contribution in [3.8, 4) is 33.8 Å². The number of nitro groups is 2. The fourth-order valence-electron chi connectivity index (χ4n) is 4.19. The van der Waals surface area contributed by atoms with Crippen molar-refractivity contribution in [2.75, 3.05) is 19.5 Å². The summed E-state index contributed by atoms with van der Waals surface area (Å²) in [6.07, 6.45) is 1.12. The fourth-order valence-corrected chi connectivity index (χ4v) is 5.52. The Balaban J connectivity index is 0.00000552. The van der Waals surface area contributed by atoms with Crippen molar-refractivity contribution in [1.29, 1.82) is 0 Å². The largest absolute Gasteiger partial charge is 0.496 e. The van der Waals surface area contributed by atoms with Gasteiger partial charge in [-0.3, -0.25) is 34.8 Å². The van der Waals surface area contributed by atoms with E-state index in [0.717, 1.165) is 25.7 Å². The Bertz CT molecular complexity index is 1960. The molecule has 21 nitrogen and oxygen atoms in total. The number of rotatable bonds is 9. The third-order valence-electron chi connectivity index (χ3n) is 5.99. The molecule has 3 aromatic rings. The SMILES string of the molecule is COc1cc([N+](=O)[O-])c(S(=O)(=O)O)cc1-c1cccc(NC(=O)N2NC=NN2)c1-c1cc(S(=O)(=O)O)c([N+](=O)[O-])cc1OC.O. The molecular weight excluding hydrogens is 650 g/mol. The van der Waals surface area contributed by atoms with Crippen molar-refractivity contribution < 1.29 is 55.5 Å². The maximum Gasteiger partial charge on any atom is 0.361 e. The molecule has 1 heterocycles. The number of anilines is 1. The number of nitrogens with one attached hydrogen (secondary N) is 3. The number of ether oxygens (including phenoxy) is 2. The standard InChI is InChI=1S/C22H19N7O13S2.H2O/c1-41-17-8-15(28(31)32)19(43(35,36)37)6-12(17)11-4-3-5-14(25-22(30)27-24-10-23-26-27)21(11)13-7-20(44(38,39)40)16(29(33)34)9-18(13)42-2;/h3-10,26H,1-2H3,(H,23,24)(H,25,30)(H,35,36,37)(H,38,39,40);1H2. The number of hydrazone groups is 1. The number of methoxy groups -OCH3 is 2. The quantitative estimate of drug-likeness (QED) is 0.122. The highest BCUT2D eigenvalue weighted by atomic mass is 32.2. The van der Waals surface area contributed by atoms with E-state index in [2.05, 4.69) is 21.4 Å². The molecule has 0 unspecified atom stereocenters. The Morgan fingerprint density at radius 2 is 1.40 bits per heavy atom. The molecule has 3 aromatic carbocycles. The van der Waals surface area contributed by atoms with Gasteiger partial charge in [-0.25, -0.2) is 4.79 Å². The monoisotopic (exact) mass is 671 g/mol. The molecule has 1 aliphatic heterocycles. The van der Waals surface area contributed by atoms with Gasteiger partial charge < -0.3 is 20.3 Å². The first-order chi connectivity index (χ1) is 20.6. The van der Waals surface area contributed by atoms with Crippen LogP contribution in [0.4, 0.5) is 21.9 Å². The molecule has 0 aliphatic carbocycles. The van der Waals surface area contributed by atoms with E-state index in [4.69, 9.17) is 9.47 Å². The second kappa shape index (κ2) is 12.5. The van der Waals surface area contributed by atoms with Crippen LogP contribution in [0.3, 0.4) is 0 Å². The van der Waals surface area contributed by atoms with E-state index in [1.54, 1.807) is 0 Å². The van der Waals surface area contributed by atoms with Gasteiger partial charge in [0.25, 0.3) is 11.4 Å². The van der Waals surface area contributed by atoms with E-state index in [9.17, 15) is 51.0 Å². The molecule has 23 heteroatoms. The lowest BCUT2D eigenvalue weighted by atomic mass is 9.91. The molecular formula is C22H21N7O14S2. The van der Waals surface area contributed by atoms with Crippen molar-refractivity contribution in [2.24, 2.45) is 5.10 Å². The molecule has 0 radical (unpaired) electrons. The van der Waals surface area contributed by atoms with Gasteiger partial charge in [-0.1, -0.05) is 12.1 Å². The van der Waals surface area contributed by atoms with Crippen LogP contribution in [0.25, 0.3) is 22.3 Å². The van der Waals surface area contributed by atoms with Crippen LogP contribution in [0.1, 0.15) is 0 Å². The molecule has 0 saturated heterocycles. The lowest BCUT2D eigenvalue weighted by Gasteiger charge is -2.22. The first kappa shape index (κ1) is 33.9. The number of hydrogen-bond donors (Lipinski definition) is 5. The number of hydrogen-bond acceptors (Lipinski definition) is 14. The molecule has 0 fully saturated rings. The van der Waals surface area contributed by atoms with Crippen LogP contribution in [0.2, 0.25) is 0 Å². The summed E-state index contributed by atoms with van der Waals surface area (Å²) in [6.45, 7) is 0. The number of nitrogens with zero attached hydrogens (tertiary/aromatic N) is 4. The first-order valence-corrected chi connectivity index (χ1v) is 14.4. The molecule has 240 valence electrons. The van der Waals surface area contributed by atoms with Gasteiger partial charge in [-0.2, -0.15) is 22.4 Å². The zero-order valence-electron chi connectivity index (χ0n) is 22.6. The third kappa shape index (κ3) is 6.65. The zero-order valence-corrected chi connectivity index (χ0v) is 24.2. The molecule has 1 aliphatic rings. The normalized spacial score (nSPS) is 12.4. The summed E-state index contributed by atoms with van der Waals surface area (Å²) in [5, 5.41) is 30.1. The minimum Gasteiger partial charge on any atom is -0.496 e. The van der Waals surface area contributed by atoms with Gasteiger partial charge in [0.15, 0.2) is 9.79 Å². The van der Waals surface area contributed by atoms with Crippen LogP contribution in [0.15, 0.2) is 57.4 Å². The van der Waals surface area contributed by atoms with Crippen molar-refractivity contribution in [1.82, 2.24) is 16.1 Å². The third-order valence-corrected chi connectivity index (χ3v) is 7.75. The topological polar surface area (TPSA) is 314 Å². The fraction of sp³-hybridized carbons (Fsp3) is 0.0909. The summed E-state index contributed by atoms with van der Waals surface area (Å²) in [4.78, 5) is 31.7. The Kier molecular flexibility index (Phi) is 9.44. The lowest BCUT2D eigenvalue weighted by molar-refractivity contribution is -0.388. The smallest absolute Gasteiger partial charge is 0.361 e. The van der Waals surface area contributed by atoms with Crippen LogP contribution in [-0.4, -0.2) is 73.0 Å². The van der Waals surface area contributed by atoms with Crippen LogP contribution in [0, 0.1) is 20.2 Å². The van der Waals surface area contributed by atoms with Crippen molar-refractivity contribution in [3.05, 3.63) is 62.7 Å². The predicted molar refractivity (Wildman–Crippen MR) is 153 cm³/mol. The van der Waals surface area contributed by atoms with Gasteiger partial charge >= 0.3 is 26.3 Å². The van der Waals surface area contributed by atoms with Crippen molar-refractivity contribution in [3.63, 3.8) is 0 Å². The van der Waals surface area contributed by atoms with Crippen LogP contribution in [-0.2, 0) is 20.2 Å². The van der Waals surface area contributed by atoms with Crippen molar-refractivity contribution >= 4 is 49.7 Å². The van der Waals surface area contributed by atoms with Gasteiger partial charge in [0, 0.05) is 16.7 Å². The Morgan fingerprint density at radius 3 is 1.84 bits per heavy atom. The van der Waals surface area contributed by atoms with Gasteiger partial charge in [0.1, 0.15) is 17.8 Å². The molecule has 0 aromatic heterocycles. The molecule has 4 rings (SSSR count). The number of benzene rings is 3. The zero-order chi connectivity index (χ0) is 32.6. The van der Waals surface area contributed by atoms with E-state index >= 15 is 0 Å². The lowest BCUT2D eigenvalue weighted by Crippen LogP contribution is -2.46. The summed E-state index contributed by atoms with van der Waals surface area (Å²) < 4.78 is 78.9. The molecule has 45 heavy (non-hydrogen) atoms. The van der Waals surface area contributed by atoms with Crippen LogP contribution in [0.5, 0.6) is 11.5 Å². The average Bonchev–Trinajstić information content (AvgIpc) is 3.50. The van der Waals surface area contributed by atoms with Crippen LogP contribution >= 0.6 is 0 Å². The van der Waals surface area contributed by atoms with Crippen LogP contribution < -0.4 is 25.8 Å². The van der Waals surface area contributed by atoms with E-state index in [1.165, 1.54) is 18.2 Å². The van der Waals surface area contributed by atoms with Gasteiger partial charge in [-0.15, -0.1) is 10.2 Å². The minimum absolute atomic E-state index is 0. The maximum atomic E-state index is 12.9.